The number of tetrazole rings is 1. The monoisotopic (exact) mass is 217 g/mol. The van der Waals surface area contributed by atoms with Gasteiger partial charge in [-0.25, -0.2) is 0 Å². The lowest BCUT2D eigenvalue weighted by Gasteiger charge is -1.99. The molecule has 0 fully saturated rings. The van der Waals surface area contributed by atoms with Gasteiger partial charge in [-0.05, 0) is 35.9 Å². The second-order valence-electron chi connectivity index (χ2n) is 3.55. The van der Waals surface area contributed by atoms with E-state index in [9.17, 15) is 0 Å². The molecular formula is C11H15N5. The van der Waals surface area contributed by atoms with Crippen molar-refractivity contribution in [2.24, 2.45) is 5.73 Å². The molecular weight excluding hydrogens is 202 g/mol. The fourth-order valence-electron chi connectivity index (χ4n) is 1.45. The van der Waals surface area contributed by atoms with Gasteiger partial charge in [0, 0.05) is 6.42 Å². The average Bonchev–Trinajstić information content (AvgIpc) is 2.78. The van der Waals surface area contributed by atoms with E-state index in [4.69, 9.17) is 5.73 Å². The molecule has 0 saturated carbocycles. The first kappa shape index (κ1) is 10.8. The minimum absolute atomic E-state index is 0.542. The maximum absolute atomic E-state index is 5.43. The van der Waals surface area contributed by atoms with Gasteiger partial charge in [0.25, 0.3) is 0 Å². The zero-order valence-electron chi connectivity index (χ0n) is 9.30. The van der Waals surface area contributed by atoms with Gasteiger partial charge in [0.15, 0.2) is 5.82 Å². The van der Waals surface area contributed by atoms with E-state index < -0.39 is 0 Å². The van der Waals surface area contributed by atoms with E-state index in [1.165, 1.54) is 10.4 Å². The fraction of sp³-hybridized carbons (Fsp3) is 0.364. The summed E-state index contributed by atoms with van der Waals surface area (Å²) in [4.78, 5) is 1.53. The van der Waals surface area contributed by atoms with Gasteiger partial charge in [0.1, 0.15) is 0 Å². The largest absolute Gasteiger partial charge is 0.330 e. The Balaban J connectivity index is 2.21. The van der Waals surface area contributed by atoms with Crippen LogP contribution in [0.4, 0.5) is 0 Å². The fourth-order valence-corrected chi connectivity index (χ4v) is 1.45. The molecule has 0 saturated heterocycles. The third-order valence-corrected chi connectivity index (χ3v) is 2.40. The Kier molecular flexibility index (Phi) is 3.26. The van der Waals surface area contributed by atoms with Crippen LogP contribution in [0, 0.1) is 0 Å². The van der Waals surface area contributed by atoms with Gasteiger partial charge in [-0.3, -0.25) is 0 Å². The molecule has 0 unspecified atom stereocenters. The summed E-state index contributed by atoms with van der Waals surface area (Å²) in [6, 6.07) is 8.13. The molecule has 0 aliphatic heterocycles. The third-order valence-electron chi connectivity index (χ3n) is 2.40. The van der Waals surface area contributed by atoms with Gasteiger partial charge >= 0.3 is 0 Å². The topological polar surface area (TPSA) is 69.6 Å². The Bertz CT molecular complexity index is 446. The van der Waals surface area contributed by atoms with Gasteiger partial charge in [0.2, 0.25) is 0 Å². The normalized spacial score (nSPS) is 10.6. The minimum Gasteiger partial charge on any atom is -0.330 e. The predicted molar refractivity (Wildman–Crippen MR) is 61.3 cm³/mol. The van der Waals surface area contributed by atoms with Crippen LogP contribution in [0.15, 0.2) is 24.3 Å². The van der Waals surface area contributed by atoms with E-state index in [0.717, 1.165) is 12.1 Å². The summed E-state index contributed by atoms with van der Waals surface area (Å²) in [5.41, 5.74) is 7.65. The summed E-state index contributed by atoms with van der Waals surface area (Å²) in [6.07, 6.45) is 1.69. The summed E-state index contributed by atoms with van der Waals surface area (Å²) >= 11 is 0. The first-order valence-corrected chi connectivity index (χ1v) is 5.41. The van der Waals surface area contributed by atoms with Crippen molar-refractivity contribution in [2.75, 3.05) is 6.54 Å². The first-order chi connectivity index (χ1) is 7.83. The molecule has 2 rings (SSSR count). The molecule has 0 amide bonds. The second-order valence-corrected chi connectivity index (χ2v) is 3.55. The molecule has 0 radical (unpaired) electrons. The molecule has 0 spiro atoms. The number of rotatable bonds is 4. The van der Waals surface area contributed by atoms with Crippen LogP contribution in [-0.4, -0.2) is 26.8 Å². The quantitative estimate of drug-likeness (QED) is 0.819. The second kappa shape index (κ2) is 4.85. The van der Waals surface area contributed by atoms with Crippen LogP contribution >= 0.6 is 0 Å². The van der Waals surface area contributed by atoms with Crippen LogP contribution in [0.5, 0.6) is 0 Å². The Labute approximate surface area is 94.3 Å². The molecule has 5 heteroatoms. The first-order valence-electron chi connectivity index (χ1n) is 5.41. The van der Waals surface area contributed by atoms with Gasteiger partial charge in [0.05, 0.1) is 5.69 Å². The molecule has 0 aliphatic carbocycles. The third kappa shape index (κ3) is 2.25. The lowest BCUT2D eigenvalue weighted by atomic mass is 10.2. The summed E-state index contributed by atoms with van der Waals surface area (Å²) in [5, 5.41) is 12.1. The van der Waals surface area contributed by atoms with Crippen molar-refractivity contribution in [1.82, 2.24) is 20.2 Å². The van der Waals surface area contributed by atoms with E-state index >= 15 is 0 Å². The molecule has 2 N–H and O–H groups in total. The maximum atomic E-state index is 5.43. The SMILES string of the molecule is CCc1ccc(-n2nnc(CCN)n2)cc1. The molecule has 84 valence electrons. The maximum Gasteiger partial charge on any atom is 0.176 e. The summed E-state index contributed by atoms with van der Waals surface area (Å²) < 4.78 is 0. The smallest absolute Gasteiger partial charge is 0.176 e. The van der Waals surface area contributed by atoms with Crippen LogP contribution in [0.25, 0.3) is 5.69 Å². The Morgan fingerprint density at radius 2 is 2.00 bits per heavy atom. The lowest BCUT2D eigenvalue weighted by molar-refractivity contribution is 0.716. The molecule has 16 heavy (non-hydrogen) atoms. The summed E-state index contributed by atoms with van der Waals surface area (Å²) in [6.45, 7) is 2.67. The van der Waals surface area contributed by atoms with E-state index in [2.05, 4.69) is 34.5 Å². The number of aryl methyl sites for hydroxylation is 1. The highest BCUT2D eigenvalue weighted by Crippen LogP contribution is 2.07. The summed E-state index contributed by atoms with van der Waals surface area (Å²) in [7, 11) is 0. The van der Waals surface area contributed by atoms with Crippen LogP contribution in [0.1, 0.15) is 18.3 Å². The van der Waals surface area contributed by atoms with Crippen molar-refractivity contribution < 1.29 is 0 Å². The van der Waals surface area contributed by atoms with Crippen molar-refractivity contribution in [2.45, 2.75) is 19.8 Å². The zero-order chi connectivity index (χ0) is 11.4. The molecule has 0 aliphatic rings. The Morgan fingerprint density at radius 1 is 1.25 bits per heavy atom. The molecule has 2 aromatic rings. The highest BCUT2D eigenvalue weighted by atomic mass is 15.6. The molecule has 5 nitrogen and oxygen atoms in total. The molecule has 0 atom stereocenters. The Morgan fingerprint density at radius 3 is 2.62 bits per heavy atom. The standard InChI is InChI=1S/C11H15N5/c1-2-9-3-5-10(6-4-9)16-14-11(7-8-12)13-15-16/h3-6H,2,7-8,12H2,1H3. The number of benzene rings is 1. The van der Waals surface area contributed by atoms with Gasteiger partial charge in [-0.15, -0.1) is 15.0 Å². The van der Waals surface area contributed by atoms with Crippen molar-refractivity contribution >= 4 is 0 Å². The minimum atomic E-state index is 0.542. The van der Waals surface area contributed by atoms with E-state index in [0.29, 0.717) is 18.8 Å². The molecule has 0 bridgehead atoms. The number of aromatic nitrogens is 4. The highest BCUT2D eigenvalue weighted by Gasteiger charge is 2.03. The van der Waals surface area contributed by atoms with Crippen LogP contribution in [0.3, 0.4) is 0 Å². The Hall–Kier alpha value is -1.75. The van der Waals surface area contributed by atoms with Crippen molar-refractivity contribution in [1.29, 1.82) is 0 Å². The van der Waals surface area contributed by atoms with Crippen molar-refractivity contribution in [3.8, 4) is 5.69 Å². The van der Waals surface area contributed by atoms with E-state index in [1.807, 2.05) is 12.1 Å². The van der Waals surface area contributed by atoms with Gasteiger partial charge in [-0.2, -0.15) is 0 Å². The van der Waals surface area contributed by atoms with E-state index in [-0.39, 0.29) is 0 Å². The molecule has 1 heterocycles. The average molecular weight is 217 g/mol. The van der Waals surface area contributed by atoms with E-state index in [1.54, 1.807) is 0 Å². The molecule has 1 aromatic carbocycles. The zero-order valence-corrected chi connectivity index (χ0v) is 9.30. The van der Waals surface area contributed by atoms with Gasteiger partial charge in [-0.1, -0.05) is 19.1 Å². The number of hydrogen-bond donors (Lipinski definition) is 1. The number of hydrogen-bond acceptors (Lipinski definition) is 4. The predicted octanol–water partition coefficient (Wildman–Crippen LogP) is 0.726. The molecule has 1 aromatic heterocycles. The van der Waals surface area contributed by atoms with Crippen LogP contribution < -0.4 is 5.73 Å². The van der Waals surface area contributed by atoms with Crippen molar-refractivity contribution in [3.05, 3.63) is 35.7 Å². The number of nitrogens with zero attached hydrogens (tertiary/aromatic N) is 4. The summed E-state index contributed by atoms with van der Waals surface area (Å²) in [5.74, 6) is 0.682. The lowest BCUT2D eigenvalue weighted by Crippen LogP contribution is -2.05. The van der Waals surface area contributed by atoms with Crippen molar-refractivity contribution in [3.63, 3.8) is 0 Å². The number of nitrogens with two attached hydrogens (primary N) is 1. The highest BCUT2D eigenvalue weighted by molar-refractivity contribution is 5.32. The van der Waals surface area contributed by atoms with Crippen LogP contribution in [-0.2, 0) is 12.8 Å². The van der Waals surface area contributed by atoms with Crippen LogP contribution in [0.2, 0.25) is 0 Å². The van der Waals surface area contributed by atoms with Gasteiger partial charge < -0.3 is 5.73 Å².